The molecular weight excluding hydrogens is 376 g/mol. The Kier molecular flexibility index (Phi) is 8.02. The van der Waals surface area contributed by atoms with Crippen LogP contribution in [0.5, 0.6) is 0 Å². The molecule has 152 valence electrons. The molecule has 0 heterocycles. The predicted molar refractivity (Wildman–Crippen MR) is 112 cm³/mol. The van der Waals surface area contributed by atoms with Gasteiger partial charge in [-0.15, -0.1) is 0 Å². The van der Waals surface area contributed by atoms with Crippen molar-refractivity contribution in [2.75, 3.05) is 10.5 Å². The molecule has 0 radical (unpaired) electrons. The van der Waals surface area contributed by atoms with E-state index in [1.54, 1.807) is 25.1 Å². The smallest absolute Gasteiger partial charge is 0.251 e. The van der Waals surface area contributed by atoms with Crippen LogP contribution in [-0.4, -0.2) is 26.2 Å². The number of amides is 1. The van der Waals surface area contributed by atoms with Crippen molar-refractivity contribution < 1.29 is 17.9 Å². The molecule has 2 rings (SSSR count). The van der Waals surface area contributed by atoms with Crippen LogP contribution in [0.15, 0.2) is 48.5 Å². The first-order chi connectivity index (χ1) is 13.3. The highest BCUT2D eigenvalue weighted by molar-refractivity contribution is 7.92. The zero-order valence-corrected chi connectivity index (χ0v) is 17.4. The van der Waals surface area contributed by atoms with E-state index in [9.17, 15) is 13.2 Å². The molecule has 0 saturated heterocycles. The molecule has 0 bridgehead atoms. The normalized spacial score (nSPS) is 11.4. The maximum absolute atomic E-state index is 12.4. The average molecular weight is 405 g/mol. The molecule has 1 amide bonds. The second-order valence-electron chi connectivity index (χ2n) is 6.86. The molecule has 0 aliphatic rings. The van der Waals surface area contributed by atoms with Crippen LogP contribution in [0.2, 0.25) is 0 Å². The molecule has 0 fully saturated rings. The Bertz CT molecular complexity index is 895. The van der Waals surface area contributed by atoms with Crippen LogP contribution >= 0.6 is 0 Å². The Labute approximate surface area is 167 Å². The minimum Gasteiger partial charge on any atom is -0.374 e. The van der Waals surface area contributed by atoms with Crippen molar-refractivity contribution in [3.63, 3.8) is 0 Å². The third kappa shape index (κ3) is 7.32. The summed E-state index contributed by atoms with van der Waals surface area (Å²) < 4.78 is 31.9. The van der Waals surface area contributed by atoms with Gasteiger partial charge in [-0.1, -0.05) is 37.3 Å². The third-order valence-corrected chi connectivity index (χ3v) is 5.39. The van der Waals surface area contributed by atoms with Crippen LogP contribution in [0.25, 0.3) is 0 Å². The number of sulfonamides is 1. The Morgan fingerprint density at radius 2 is 1.79 bits per heavy atom. The van der Waals surface area contributed by atoms with Crippen LogP contribution in [0, 0.1) is 0 Å². The van der Waals surface area contributed by atoms with Crippen molar-refractivity contribution in [3.05, 3.63) is 65.2 Å². The summed E-state index contributed by atoms with van der Waals surface area (Å²) in [7, 11) is -3.39. The molecule has 2 N–H and O–H groups in total. The van der Waals surface area contributed by atoms with E-state index >= 15 is 0 Å². The van der Waals surface area contributed by atoms with Crippen LogP contribution in [0.4, 0.5) is 5.69 Å². The monoisotopic (exact) mass is 404 g/mol. The van der Waals surface area contributed by atoms with Gasteiger partial charge in [0.2, 0.25) is 10.0 Å². The summed E-state index contributed by atoms with van der Waals surface area (Å²) in [6.07, 6.45) is 0.682. The number of nitrogens with one attached hydrogen (secondary N) is 2. The number of carbonyl (C=O) groups excluding carboxylic acids is 1. The van der Waals surface area contributed by atoms with Gasteiger partial charge in [0.05, 0.1) is 18.5 Å². The van der Waals surface area contributed by atoms with Gasteiger partial charge in [0, 0.05) is 17.8 Å². The van der Waals surface area contributed by atoms with Gasteiger partial charge in [-0.05, 0) is 49.6 Å². The van der Waals surface area contributed by atoms with Crippen molar-refractivity contribution >= 4 is 21.6 Å². The number of anilines is 1. The quantitative estimate of drug-likeness (QED) is 0.632. The fraction of sp³-hybridized carbons (Fsp3) is 0.381. The van der Waals surface area contributed by atoms with Crippen LogP contribution < -0.4 is 10.0 Å². The Balaban J connectivity index is 1.98. The van der Waals surface area contributed by atoms with Crippen molar-refractivity contribution in [1.82, 2.24) is 5.32 Å². The molecule has 0 saturated carbocycles. The van der Waals surface area contributed by atoms with Gasteiger partial charge in [0.15, 0.2) is 0 Å². The number of ether oxygens (including phenoxy) is 1. The minimum atomic E-state index is -3.39. The summed E-state index contributed by atoms with van der Waals surface area (Å²) in [6.45, 7) is 6.67. The first kappa shape index (κ1) is 21.9. The zero-order chi connectivity index (χ0) is 20.6. The summed E-state index contributed by atoms with van der Waals surface area (Å²) >= 11 is 0. The van der Waals surface area contributed by atoms with Gasteiger partial charge in [-0.25, -0.2) is 8.42 Å². The van der Waals surface area contributed by atoms with Gasteiger partial charge >= 0.3 is 0 Å². The molecule has 0 aliphatic carbocycles. The van der Waals surface area contributed by atoms with E-state index in [-0.39, 0.29) is 17.8 Å². The van der Waals surface area contributed by atoms with E-state index in [0.29, 0.717) is 30.8 Å². The van der Waals surface area contributed by atoms with Crippen molar-refractivity contribution in [2.24, 2.45) is 0 Å². The molecule has 0 unspecified atom stereocenters. The molecule has 0 spiro atoms. The fourth-order valence-electron chi connectivity index (χ4n) is 2.60. The summed E-state index contributed by atoms with van der Waals surface area (Å²) in [6, 6.07) is 14.3. The molecule has 6 nitrogen and oxygen atoms in total. The Hall–Kier alpha value is -2.38. The van der Waals surface area contributed by atoms with Crippen molar-refractivity contribution in [3.8, 4) is 0 Å². The maximum atomic E-state index is 12.4. The van der Waals surface area contributed by atoms with Gasteiger partial charge < -0.3 is 10.1 Å². The fourth-order valence-corrected chi connectivity index (χ4v) is 3.73. The van der Waals surface area contributed by atoms with Crippen LogP contribution in [0.1, 0.15) is 48.7 Å². The van der Waals surface area contributed by atoms with Crippen molar-refractivity contribution in [1.29, 1.82) is 0 Å². The molecule has 0 aliphatic heterocycles. The number of hydrogen-bond acceptors (Lipinski definition) is 4. The highest BCUT2D eigenvalue weighted by Crippen LogP contribution is 2.14. The molecule has 2 aromatic rings. The highest BCUT2D eigenvalue weighted by Gasteiger charge is 2.11. The van der Waals surface area contributed by atoms with E-state index in [4.69, 9.17) is 4.74 Å². The molecule has 0 atom stereocenters. The van der Waals surface area contributed by atoms with Crippen LogP contribution in [0.3, 0.4) is 0 Å². The minimum absolute atomic E-state index is 0.0420. The van der Waals surface area contributed by atoms with Crippen LogP contribution in [-0.2, 0) is 27.9 Å². The van der Waals surface area contributed by atoms with Gasteiger partial charge in [0.1, 0.15) is 0 Å². The molecule has 7 heteroatoms. The average Bonchev–Trinajstić information content (AvgIpc) is 2.64. The summed E-state index contributed by atoms with van der Waals surface area (Å²) in [5, 5.41) is 2.87. The van der Waals surface area contributed by atoms with E-state index < -0.39 is 10.0 Å². The number of hydrogen-bond donors (Lipinski definition) is 2. The largest absolute Gasteiger partial charge is 0.374 e. The standard InChI is InChI=1S/C21H28N2O4S/c1-4-11-28(25,26)23-20-10-6-9-19(13-20)21(24)22-14-17-7-5-8-18(12-17)15-27-16(2)3/h5-10,12-13,16,23H,4,11,14-15H2,1-3H3,(H,22,24). The highest BCUT2D eigenvalue weighted by atomic mass is 32.2. The first-order valence-corrected chi connectivity index (χ1v) is 11.0. The molecule has 0 aromatic heterocycles. The van der Waals surface area contributed by atoms with E-state index in [0.717, 1.165) is 11.1 Å². The Morgan fingerprint density at radius 1 is 1.07 bits per heavy atom. The SMILES string of the molecule is CCCS(=O)(=O)Nc1cccc(C(=O)NCc2cccc(COC(C)C)c2)c1. The zero-order valence-electron chi connectivity index (χ0n) is 16.6. The first-order valence-electron chi connectivity index (χ1n) is 9.37. The third-order valence-electron chi connectivity index (χ3n) is 3.90. The molecule has 28 heavy (non-hydrogen) atoms. The lowest BCUT2D eigenvalue weighted by Crippen LogP contribution is -2.23. The molecule has 2 aromatic carbocycles. The van der Waals surface area contributed by atoms with Crippen molar-refractivity contribution in [2.45, 2.75) is 46.4 Å². The number of rotatable bonds is 10. The number of carbonyl (C=O) groups is 1. The van der Waals surface area contributed by atoms with Gasteiger partial charge in [-0.2, -0.15) is 0 Å². The second kappa shape index (κ2) is 10.2. The predicted octanol–water partition coefficient (Wildman–Crippen LogP) is 3.69. The van der Waals surface area contributed by atoms with Gasteiger partial charge in [-0.3, -0.25) is 9.52 Å². The topological polar surface area (TPSA) is 84.5 Å². The van der Waals surface area contributed by atoms with E-state index in [2.05, 4.69) is 10.0 Å². The van der Waals surface area contributed by atoms with Gasteiger partial charge in [0.25, 0.3) is 5.91 Å². The summed E-state index contributed by atoms with van der Waals surface area (Å²) in [5.74, 6) is -0.222. The lowest BCUT2D eigenvalue weighted by molar-refractivity contribution is 0.0657. The summed E-state index contributed by atoms with van der Waals surface area (Å²) in [4.78, 5) is 12.4. The van der Waals surface area contributed by atoms with E-state index in [1.165, 1.54) is 6.07 Å². The lowest BCUT2D eigenvalue weighted by Gasteiger charge is -2.11. The second-order valence-corrected chi connectivity index (χ2v) is 8.71. The lowest BCUT2D eigenvalue weighted by atomic mass is 10.1. The molecular formula is C21H28N2O4S. The van der Waals surface area contributed by atoms with E-state index in [1.807, 2.05) is 38.1 Å². The Morgan fingerprint density at radius 3 is 2.50 bits per heavy atom. The maximum Gasteiger partial charge on any atom is 0.251 e. The number of benzene rings is 2. The summed E-state index contributed by atoms with van der Waals surface area (Å²) in [5.41, 5.74) is 2.80.